The maximum absolute atomic E-state index is 2.75. The van der Waals surface area contributed by atoms with E-state index in [-0.39, 0.29) is 5.54 Å². The normalized spacial score (nSPS) is 16.3. The van der Waals surface area contributed by atoms with E-state index in [0.717, 1.165) is 12.8 Å². The smallest absolute Gasteiger partial charge is 0.218 e. The second kappa shape index (κ2) is 10.9. The van der Waals surface area contributed by atoms with Gasteiger partial charge in [-0.25, -0.2) is 4.57 Å². The van der Waals surface area contributed by atoms with E-state index in [1.165, 1.54) is 72.1 Å². The monoisotopic (exact) mass is 657 g/mol. The molecule has 0 amide bonds. The third-order valence-corrected chi connectivity index (χ3v) is 12.6. The van der Waals surface area contributed by atoms with Gasteiger partial charge >= 0.3 is 0 Å². The Morgan fingerprint density at radius 1 is 0.529 bits per heavy atom. The first kappa shape index (κ1) is 30.1. The van der Waals surface area contributed by atoms with Gasteiger partial charge in [0.2, 0.25) is 0 Å². The molecule has 0 N–H and O–H groups in total. The first-order valence-electron chi connectivity index (χ1n) is 18.5. The fourth-order valence-corrected chi connectivity index (χ4v) is 10.6. The Hall–Kier alpha value is -5.73. The molecule has 0 bridgehead atoms. The average Bonchev–Trinajstić information content (AvgIpc) is 3.43. The van der Waals surface area contributed by atoms with Crippen molar-refractivity contribution in [2.24, 2.45) is 0 Å². The van der Waals surface area contributed by atoms with Gasteiger partial charge < -0.3 is 0 Å². The quantitative estimate of drug-likeness (QED) is 0.124. The third-order valence-electron chi connectivity index (χ3n) is 12.6. The van der Waals surface area contributed by atoms with Gasteiger partial charge in [-0.2, -0.15) is 4.40 Å². The van der Waals surface area contributed by atoms with E-state index in [4.69, 9.17) is 0 Å². The Kier molecular flexibility index (Phi) is 6.43. The van der Waals surface area contributed by atoms with Crippen molar-refractivity contribution in [3.63, 3.8) is 0 Å². The molecule has 10 rings (SSSR count). The highest BCUT2D eigenvalue weighted by atomic mass is 15.2. The third kappa shape index (κ3) is 3.55. The number of hydrogen-bond acceptors (Lipinski definition) is 0. The average molecular weight is 658 g/mol. The number of fused-ring (bicyclic) bond motifs is 1. The van der Waals surface area contributed by atoms with Crippen molar-refractivity contribution >= 4 is 33.4 Å². The van der Waals surface area contributed by atoms with Gasteiger partial charge in [-0.3, -0.25) is 0 Å². The van der Waals surface area contributed by atoms with E-state index in [2.05, 4.69) is 200 Å². The van der Waals surface area contributed by atoms with Crippen LogP contribution in [0.15, 0.2) is 164 Å². The number of benzene rings is 6. The molecule has 0 aliphatic carbocycles. The molecule has 0 saturated heterocycles. The summed E-state index contributed by atoms with van der Waals surface area (Å²) in [6.07, 6.45) is 6.90. The Labute approximate surface area is 300 Å². The molecule has 2 aliphatic heterocycles. The SMILES string of the molecule is CCC1(CC)C=Cc2cccc3c4cccc5c4[n+]4c(c(C)n1c4c23)C(c1ccccc1)(c1ccccc1)C5(c1ccccc1)c1ccccc1. The summed E-state index contributed by atoms with van der Waals surface area (Å²) in [5.41, 5.74) is 11.4. The fraction of sp³-hybridized carbons (Fsp3) is 0.163. The highest BCUT2D eigenvalue weighted by Gasteiger charge is 2.65. The molecule has 2 aliphatic rings. The molecule has 0 radical (unpaired) electrons. The minimum absolute atomic E-state index is 0.201. The molecule has 0 unspecified atom stereocenters. The standard InChI is InChI=1S/C49H41N2/c1-4-47(5-2)33-32-35-20-18-29-40-41-30-19-31-42-44(41)50-45(34(3)51(47)46(50)43(35)40)49(38-25-14-8-15-26-38,39-27-16-9-17-28-39)48(42,36-21-10-6-11-22-36)37-23-12-7-13-24-37/h6-33H,4-5H2,1-3H3/q+1. The van der Waals surface area contributed by atoms with Gasteiger partial charge in [0.25, 0.3) is 5.65 Å². The van der Waals surface area contributed by atoms with Crippen LogP contribution in [-0.2, 0) is 16.4 Å². The van der Waals surface area contributed by atoms with Crippen LogP contribution in [0.25, 0.3) is 33.4 Å². The lowest BCUT2D eigenvalue weighted by molar-refractivity contribution is -0.498. The molecule has 51 heavy (non-hydrogen) atoms. The van der Waals surface area contributed by atoms with Crippen LogP contribution in [-0.4, -0.2) is 4.57 Å². The zero-order valence-corrected chi connectivity index (χ0v) is 29.5. The minimum atomic E-state index is -0.684. The van der Waals surface area contributed by atoms with Crippen molar-refractivity contribution in [2.75, 3.05) is 0 Å². The molecule has 2 nitrogen and oxygen atoms in total. The second-order valence-corrected chi connectivity index (χ2v) is 14.5. The molecule has 0 fully saturated rings. The Bertz CT molecular complexity index is 2570. The van der Waals surface area contributed by atoms with Crippen LogP contribution >= 0.6 is 0 Å². The summed E-state index contributed by atoms with van der Waals surface area (Å²) in [4.78, 5) is 0. The van der Waals surface area contributed by atoms with Gasteiger partial charge in [-0.05, 0) is 46.7 Å². The molecular weight excluding hydrogens is 617 g/mol. The minimum Gasteiger partial charge on any atom is -0.218 e. The molecule has 246 valence electrons. The summed E-state index contributed by atoms with van der Waals surface area (Å²) in [5.74, 6) is 0. The summed E-state index contributed by atoms with van der Waals surface area (Å²) in [5, 5.41) is 3.93. The van der Waals surface area contributed by atoms with Crippen molar-refractivity contribution in [2.45, 2.75) is 50.0 Å². The van der Waals surface area contributed by atoms with Gasteiger partial charge in [-0.1, -0.05) is 178 Å². The van der Waals surface area contributed by atoms with Crippen molar-refractivity contribution in [3.8, 4) is 0 Å². The molecule has 4 heterocycles. The van der Waals surface area contributed by atoms with Crippen molar-refractivity contribution in [1.82, 2.24) is 4.57 Å². The fourth-order valence-electron chi connectivity index (χ4n) is 10.6. The van der Waals surface area contributed by atoms with Gasteiger partial charge in [-0.15, -0.1) is 0 Å². The van der Waals surface area contributed by atoms with E-state index in [9.17, 15) is 0 Å². The number of nitrogens with zero attached hydrogens (tertiary/aromatic N) is 2. The van der Waals surface area contributed by atoms with Gasteiger partial charge in [0.1, 0.15) is 22.2 Å². The largest absolute Gasteiger partial charge is 0.296 e. The molecule has 0 spiro atoms. The summed E-state index contributed by atoms with van der Waals surface area (Å²) < 4.78 is 5.48. The Balaban J connectivity index is 1.62. The lowest BCUT2D eigenvalue weighted by Crippen LogP contribution is -2.60. The second-order valence-electron chi connectivity index (χ2n) is 14.5. The summed E-state index contributed by atoms with van der Waals surface area (Å²) in [7, 11) is 0. The van der Waals surface area contributed by atoms with E-state index in [1.807, 2.05) is 0 Å². The molecule has 8 aromatic rings. The predicted octanol–water partition coefficient (Wildman–Crippen LogP) is 11.1. The van der Waals surface area contributed by atoms with Crippen LogP contribution in [0.3, 0.4) is 0 Å². The van der Waals surface area contributed by atoms with Crippen molar-refractivity contribution in [3.05, 3.63) is 209 Å². The van der Waals surface area contributed by atoms with Gasteiger partial charge in [0.05, 0.1) is 10.8 Å². The number of allylic oxidation sites excluding steroid dienone is 1. The highest BCUT2D eigenvalue weighted by molar-refractivity contribution is 6.13. The summed E-state index contributed by atoms with van der Waals surface area (Å²) >= 11 is 0. The number of aromatic nitrogens is 2. The summed E-state index contributed by atoms with van der Waals surface area (Å²) in [6.45, 7) is 7.14. The molecule has 2 heteroatoms. The van der Waals surface area contributed by atoms with Crippen LogP contribution in [0.5, 0.6) is 0 Å². The molecular formula is C49H41N2+. The van der Waals surface area contributed by atoms with Gasteiger partial charge in [0.15, 0.2) is 5.69 Å². The summed E-state index contributed by atoms with van der Waals surface area (Å²) in [6, 6.07) is 59.5. The van der Waals surface area contributed by atoms with E-state index in [0.29, 0.717) is 0 Å². The molecule has 0 atom stereocenters. The lowest BCUT2D eigenvalue weighted by atomic mass is 9.46. The van der Waals surface area contributed by atoms with E-state index < -0.39 is 10.8 Å². The van der Waals surface area contributed by atoms with Crippen LogP contribution in [0.4, 0.5) is 0 Å². The van der Waals surface area contributed by atoms with Crippen molar-refractivity contribution in [1.29, 1.82) is 0 Å². The zero-order valence-electron chi connectivity index (χ0n) is 29.5. The molecule has 6 aromatic carbocycles. The predicted molar refractivity (Wildman–Crippen MR) is 210 cm³/mol. The van der Waals surface area contributed by atoms with E-state index in [1.54, 1.807) is 0 Å². The molecule has 2 aromatic heterocycles. The number of para-hydroxylation sites is 1. The number of hydrogen-bond donors (Lipinski definition) is 0. The lowest BCUT2D eigenvalue weighted by Gasteiger charge is -2.53. The Morgan fingerprint density at radius 2 is 1.02 bits per heavy atom. The van der Waals surface area contributed by atoms with Gasteiger partial charge in [0, 0.05) is 23.3 Å². The van der Waals surface area contributed by atoms with E-state index >= 15 is 0 Å². The number of imidazole rings is 1. The van der Waals surface area contributed by atoms with Crippen LogP contribution in [0.1, 0.15) is 71.5 Å². The maximum Gasteiger partial charge on any atom is 0.296 e. The zero-order chi connectivity index (χ0) is 34.4. The number of rotatable bonds is 6. The van der Waals surface area contributed by atoms with Crippen LogP contribution in [0, 0.1) is 6.92 Å². The first-order valence-corrected chi connectivity index (χ1v) is 18.5. The maximum atomic E-state index is 2.75. The van der Waals surface area contributed by atoms with Crippen LogP contribution < -0.4 is 4.40 Å². The number of pyridine rings is 1. The molecule has 0 saturated carbocycles. The van der Waals surface area contributed by atoms with Crippen LogP contribution in [0.2, 0.25) is 0 Å². The highest BCUT2D eigenvalue weighted by Crippen LogP contribution is 2.63. The Morgan fingerprint density at radius 3 is 1.55 bits per heavy atom. The topological polar surface area (TPSA) is 9.03 Å². The van der Waals surface area contributed by atoms with Crippen molar-refractivity contribution < 1.29 is 4.40 Å². The first-order chi connectivity index (χ1) is 25.1.